The molecule has 2 heterocycles. The lowest BCUT2D eigenvalue weighted by Crippen LogP contribution is -2.21. The quantitative estimate of drug-likeness (QED) is 0.537. The first-order valence-electron chi connectivity index (χ1n) is 9.33. The number of rotatable bonds is 5. The van der Waals surface area contributed by atoms with E-state index in [1.807, 2.05) is 38.1 Å². The van der Waals surface area contributed by atoms with Gasteiger partial charge in [-0.3, -0.25) is 9.89 Å². The number of hydrogen-bond donors (Lipinski definition) is 2. The van der Waals surface area contributed by atoms with Crippen LogP contribution in [0.15, 0.2) is 65.5 Å². The molecule has 0 amide bonds. The molecule has 0 aliphatic heterocycles. The molecule has 146 valence electrons. The predicted octanol–water partition coefficient (Wildman–Crippen LogP) is 4.17. The normalized spacial score (nSPS) is 10.9. The highest BCUT2D eigenvalue weighted by atomic mass is 19.1. The summed E-state index contributed by atoms with van der Waals surface area (Å²) in [6, 6.07) is 16.9. The molecule has 2 aromatic carbocycles. The predicted molar refractivity (Wildman–Crippen MR) is 112 cm³/mol. The minimum atomic E-state index is -0.312. The minimum Gasteiger partial charge on any atom is -0.368 e. The number of H-pyrrole nitrogens is 1. The van der Waals surface area contributed by atoms with E-state index in [1.54, 1.807) is 18.2 Å². The second-order valence-electron chi connectivity index (χ2n) is 6.61. The zero-order valence-corrected chi connectivity index (χ0v) is 16.1. The molecule has 0 atom stereocenters. The highest BCUT2D eigenvalue weighted by Gasteiger charge is 2.19. The third-order valence-corrected chi connectivity index (χ3v) is 4.64. The average molecular weight is 389 g/mol. The minimum absolute atomic E-state index is 0.222. The molecule has 2 N–H and O–H groups in total. The molecular formula is C22H20FN5O. The Hall–Kier alpha value is -3.74. The van der Waals surface area contributed by atoms with Gasteiger partial charge < -0.3 is 5.32 Å². The van der Waals surface area contributed by atoms with Crippen molar-refractivity contribution in [2.75, 3.05) is 11.9 Å². The van der Waals surface area contributed by atoms with Gasteiger partial charge in [0, 0.05) is 18.2 Å². The molecule has 0 unspecified atom stereocenters. The number of nitrogens with zero attached hydrogens (tertiary/aromatic N) is 3. The number of benzene rings is 2. The van der Waals surface area contributed by atoms with Crippen LogP contribution >= 0.6 is 0 Å². The topological polar surface area (TPSA) is 75.6 Å². The molecule has 6 nitrogen and oxygen atoms in total. The number of halogens is 1. The molecule has 4 rings (SSSR count). The van der Waals surface area contributed by atoms with Gasteiger partial charge in [-0.05, 0) is 55.8 Å². The van der Waals surface area contributed by atoms with Crippen LogP contribution in [-0.2, 0) is 0 Å². The van der Waals surface area contributed by atoms with Gasteiger partial charge in [-0.15, -0.1) is 0 Å². The summed E-state index contributed by atoms with van der Waals surface area (Å²) in [5, 5.41) is 15.2. The van der Waals surface area contributed by atoms with E-state index in [1.165, 1.54) is 22.9 Å². The lowest BCUT2D eigenvalue weighted by atomic mass is 10.0. The van der Waals surface area contributed by atoms with E-state index >= 15 is 0 Å². The SMILES string of the molecule is CCNc1n[nH]c(-c2ccc(F)cc2)c1-c1ccc(=O)n(-c2ccccc2C)n1. The maximum Gasteiger partial charge on any atom is 0.271 e. The largest absolute Gasteiger partial charge is 0.368 e. The summed E-state index contributed by atoms with van der Waals surface area (Å²) in [5.41, 5.74) is 4.21. The lowest BCUT2D eigenvalue weighted by Gasteiger charge is -2.11. The fourth-order valence-electron chi connectivity index (χ4n) is 3.23. The fourth-order valence-corrected chi connectivity index (χ4v) is 3.23. The number of aromatic amines is 1. The second-order valence-corrected chi connectivity index (χ2v) is 6.61. The van der Waals surface area contributed by atoms with Crippen molar-refractivity contribution in [1.82, 2.24) is 20.0 Å². The van der Waals surface area contributed by atoms with Crippen molar-refractivity contribution in [3.05, 3.63) is 82.4 Å². The van der Waals surface area contributed by atoms with Crippen molar-refractivity contribution >= 4 is 5.82 Å². The molecule has 0 bridgehead atoms. The number of aryl methyl sites for hydroxylation is 1. The Labute approximate surface area is 167 Å². The Morgan fingerprint density at radius 3 is 2.55 bits per heavy atom. The number of aromatic nitrogens is 4. The summed E-state index contributed by atoms with van der Waals surface area (Å²) in [6.07, 6.45) is 0. The Kier molecular flexibility index (Phi) is 4.95. The van der Waals surface area contributed by atoms with Crippen LogP contribution in [0.2, 0.25) is 0 Å². The number of para-hydroxylation sites is 1. The van der Waals surface area contributed by atoms with Gasteiger partial charge >= 0.3 is 0 Å². The third kappa shape index (κ3) is 3.54. The van der Waals surface area contributed by atoms with Crippen LogP contribution in [-0.4, -0.2) is 26.5 Å². The summed E-state index contributed by atoms with van der Waals surface area (Å²) in [5.74, 6) is 0.308. The van der Waals surface area contributed by atoms with Crippen LogP contribution in [0, 0.1) is 12.7 Å². The van der Waals surface area contributed by atoms with Crippen LogP contribution in [0.25, 0.3) is 28.2 Å². The lowest BCUT2D eigenvalue weighted by molar-refractivity contribution is 0.628. The van der Waals surface area contributed by atoms with Gasteiger partial charge in [0.1, 0.15) is 5.82 Å². The number of nitrogens with one attached hydrogen (secondary N) is 2. The molecule has 0 aliphatic carbocycles. The molecular weight excluding hydrogens is 369 g/mol. The Balaban J connectivity index is 1.92. The Morgan fingerprint density at radius 1 is 1.07 bits per heavy atom. The summed E-state index contributed by atoms with van der Waals surface area (Å²) < 4.78 is 14.8. The van der Waals surface area contributed by atoms with Crippen molar-refractivity contribution in [2.24, 2.45) is 0 Å². The van der Waals surface area contributed by atoms with Crippen molar-refractivity contribution in [1.29, 1.82) is 0 Å². The first-order valence-corrected chi connectivity index (χ1v) is 9.33. The molecule has 7 heteroatoms. The van der Waals surface area contributed by atoms with Gasteiger partial charge in [-0.25, -0.2) is 4.39 Å². The van der Waals surface area contributed by atoms with Gasteiger partial charge in [0.25, 0.3) is 5.56 Å². The van der Waals surface area contributed by atoms with Crippen LogP contribution in [0.1, 0.15) is 12.5 Å². The Morgan fingerprint density at radius 2 is 1.83 bits per heavy atom. The molecule has 0 saturated heterocycles. The van der Waals surface area contributed by atoms with E-state index in [9.17, 15) is 9.18 Å². The zero-order chi connectivity index (χ0) is 20.4. The average Bonchev–Trinajstić information content (AvgIpc) is 3.13. The number of anilines is 1. The molecule has 0 radical (unpaired) electrons. The maximum atomic E-state index is 13.4. The van der Waals surface area contributed by atoms with E-state index in [0.717, 1.165) is 22.4 Å². The van der Waals surface area contributed by atoms with Gasteiger partial charge in [-0.2, -0.15) is 14.9 Å². The van der Waals surface area contributed by atoms with Crippen molar-refractivity contribution in [2.45, 2.75) is 13.8 Å². The standard InChI is InChI=1S/C22H20FN5O/c1-3-24-22-20(21(25-26-22)15-8-10-16(23)11-9-15)17-12-13-19(29)28(27-17)18-7-5-4-6-14(18)2/h4-13H,3H2,1-2H3,(H2,24,25,26). The third-order valence-electron chi connectivity index (χ3n) is 4.64. The first-order chi connectivity index (χ1) is 14.1. The summed E-state index contributed by atoms with van der Waals surface area (Å²) >= 11 is 0. The van der Waals surface area contributed by atoms with Crippen molar-refractivity contribution < 1.29 is 4.39 Å². The highest BCUT2D eigenvalue weighted by Crippen LogP contribution is 2.34. The van der Waals surface area contributed by atoms with Crippen LogP contribution in [0.3, 0.4) is 0 Å². The van der Waals surface area contributed by atoms with E-state index in [4.69, 9.17) is 0 Å². The van der Waals surface area contributed by atoms with Crippen molar-refractivity contribution in [3.8, 4) is 28.2 Å². The summed E-state index contributed by atoms with van der Waals surface area (Å²) in [7, 11) is 0. The van der Waals surface area contributed by atoms with Crippen LogP contribution < -0.4 is 10.9 Å². The smallest absolute Gasteiger partial charge is 0.271 e. The van der Waals surface area contributed by atoms with Crippen molar-refractivity contribution in [3.63, 3.8) is 0 Å². The van der Waals surface area contributed by atoms with Crippen LogP contribution in [0.4, 0.5) is 10.2 Å². The fraction of sp³-hybridized carbons (Fsp3) is 0.136. The summed E-state index contributed by atoms with van der Waals surface area (Å²) in [6.45, 7) is 4.57. The molecule has 4 aromatic rings. The molecule has 0 fully saturated rings. The van der Waals surface area contributed by atoms with Gasteiger partial charge in [0.05, 0.1) is 22.6 Å². The second kappa shape index (κ2) is 7.71. The summed E-state index contributed by atoms with van der Waals surface area (Å²) in [4.78, 5) is 12.5. The molecule has 2 aromatic heterocycles. The molecule has 0 spiro atoms. The van der Waals surface area contributed by atoms with Gasteiger partial charge in [0.2, 0.25) is 0 Å². The van der Waals surface area contributed by atoms with Crippen LogP contribution in [0.5, 0.6) is 0 Å². The van der Waals surface area contributed by atoms with E-state index in [-0.39, 0.29) is 11.4 Å². The molecule has 29 heavy (non-hydrogen) atoms. The van der Waals surface area contributed by atoms with E-state index in [0.29, 0.717) is 23.8 Å². The van der Waals surface area contributed by atoms with Gasteiger partial charge in [-0.1, -0.05) is 18.2 Å². The monoisotopic (exact) mass is 389 g/mol. The highest BCUT2D eigenvalue weighted by molar-refractivity contribution is 5.87. The maximum absolute atomic E-state index is 13.4. The molecule has 0 aliphatic rings. The molecule has 0 saturated carbocycles. The first kappa shape index (κ1) is 18.6. The van der Waals surface area contributed by atoms with Gasteiger partial charge in [0.15, 0.2) is 5.82 Å². The Bertz CT molecular complexity index is 1210. The number of hydrogen-bond acceptors (Lipinski definition) is 4. The zero-order valence-electron chi connectivity index (χ0n) is 16.1. The van der Waals surface area contributed by atoms with E-state index < -0.39 is 0 Å². The van der Waals surface area contributed by atoms with E-state index in [2.05, 4.69) is 20.6 Å².